The minimum atomic E-state index is 0.0216. The molecule has 0 spiro atoms. The van der Waals surface area contributed by atoms with Gasteiger partial charge in [-0.15, -0.1) is 0 Å². The number of carbonyl (C=O) groups excluding carboxylic acids is 1. The maximum absolute atomic E-state index is 12.9. The summed E-state index contributed by atoms with van der Waals surface area (Å²) in [4.78, 5) is 23.3. The Labute approximate surface area is 142 Å². The number of aryl methyl sites for hydroxylation is 2. The number of ether oxygens (including phenoxy) is 1. The number of methoxy groups -OCH3 is 1. The minimum Gasteiger partial charge on any atom is -0.480 e. The first-order valence-corrected chi connectivity index (χ1v) is 8.40. The molecule has 1 saturated heterocycles. The quantitative estimate of drug-likeness (QED) is 0.848. The molecule has 0 radical (unpaired) electrons. The molecule has 0 bridgehead atoms. The molecule has 1 aliphatic rings. The van der Waals surface area contributed by atoms with E-state index in [9.17, 15) is 4.79 Å². The zero-order valence-electron chi connectivity index (χ0n) is 14.2. The van der Waals surface area contributed by atoms with Crippen molar-refractivity contribution in [2.24, 2.45) is 0 Å². The number of amides is 1. The minimum absolute atomic E-state index is 0.0216. The van der Waals surface area contributed by atoms with Gasteiger partial charge >= 0.3 is 0 Å². The fourth-order valence-corrected chi connectivity index (χ4v) is 3.37. The number of carbonyl (C=O) groups is 1. The van der Waals surface area contributed by atoms with Gasteiger partial charge in [0.25, 0.3) is 5.91 Å². The Kier molecular flexibility index (Phi) is 5.08. The number of nitrogens with zero attached hydrogens (tertiary/aromatic N) is 3. The molecule has 3 rings (SSSR count). The van der Waals surface area contributed by atoms with Gasteiger partial charge in [0.2, 0.25) is 5.88 Å². The van der Waals surface area contributed by atoms with Crippen LogP contribution in [0, 0.1) is 6.92 Å². The van der Waals surface area contributed by atoms with Crippen LogP contribution >= 0.6 is 0 Å². The van der Waals surface area contributed by atoms with E-state index in [0.29, 0.717) is 11.4 Å². The molecule has 3 heterocycles. The molecule has 0 saturated carbocycles. The number of hydrogen-bond acceptors (Lipinski definition) is 4. The predicted octanol–water partition coefficient (Wildman–Crippen LogP) is 3.03. The van der Waals surface area contributed by atoms with Gasteiger partial charge in [-0.25, -0.2) is 4.98 Å². The average molecular weight is 325 g/mol. The van der Waals surface area contributed by atoms with E-state index in [1.165, 1.54) is 5.56 Å². The lowest BCUT2D eigenvalue weighted by atomic mass is 10.0. The lowest BCUT2D eigenvalue weighted by molar-refractivity contribution is 0.0726. The van der Waals surface area contributed by atoms with Gasteiger partial charge in [-0.2, -0.15) is 0 Å². The van der Waals surface area contributed by atoms with Gasteiger partial charge in [-0.1, -0.05) is 0 Å². The van der Waals surface area contributed by atoms with Crippen LogP contribution in [-0.4, -0.2) is 40.5 Å². The molecule has 1 aliphatic heterocycles. The lowest BCUT2D eigenvalue weighted by Crippen LogP contribution is -2.36. The summed E-state index contributed by atoms with van der Waals surface area (Å²) in [5.74, 6) is 0.422. The Morgan fingerprint density at radius 2 is 2.21 bits per heavy atom. The molecule has 1 fully saturated rings. The van der Waals surface area contributed by atoms with Crippen molar-refractivity contribution in [3.8, 4) is 5.88 Å². The number of likely N-dealkylation sites (tertiary alicyclic amines) is 1. The summed E-state index contributed by atoms with van der Waals surface area (Å²) in [5, 5.41) is 0. The predicted molar refractivity (Wildman–Crippen MR) is 92.1 cm³/mol. The van der Waals surface area contributed by atoms with E-state index in [0.717, 1.165) is 37.9 Å². The summed E-state index contributed by atoms with van der Waals surface area (Å²) in [6, 6.07) is 8.01. The SMILES string of the molecule is COc1ncccc1C(=O)N1CCC[C@H]1CCc1ccnc(C)c1. The summed E-state index contributed by atoms with van der Waals surface area (Å²) in [6.07, 6.45) is 7.53. The van der Waals surface area contributed by atoms with Crippen LogP contribution in [0.3, 0.4) is 0 Å². The first-order valence-electron chi connectivity index (χ1n) is 8.40. The Morgan fingerprint density at radius 1 is 1.33 bits per heavy atom. The van der Waals surface area contributed by atoms with Gasteiger partial charge in [0.05, 0.1) is 7.11 Å². The molecule has 2 aromatic heterocycles. The molecule has 1 amide bonds. The van der Waals surface area contributed by atoms with Crippen LogP contribution in [0.4, 0.5) is 0 Å². The van der Waals surface area contributed by atoms with E-state index in [4.69, 9.17) is 4.74 Å². The van der Waals surface area contributed by atoms with Crippen LogP contribution < -0.4 is 4.74 Å². The summed E-state index contributed by atoms with van der Waals surface area (Å²) >= 11 is 0. The van der Waals surface area contributed by atoms with Crippen molar-refractivity contribution in [1.29, 1.82) is 0 Å². The molecule has 24 heavy (non-hydrogen) atoms. The van der Waals surface area contributed by atoms with Crippen LogP contribution in [-0.2, 0) is 6.42 Å². The summed E-state index contributed by atoms with van der Waals surface area (Å²) in [6.45, 7) is 2.81. The van der Waals surface area contributed by atoms with Crippen LogP contribution in [0.25, 0.3) is 0 Å². The summed E-state index contributed by atoms with van der Waals surface area (Å²) < 4.78 is 5.24. The van der Waals surface area contributed by atoms with Gasteiger partial charge in [0.1, 0.15) is 5.56 Å². The van der Waals surface area contributed by atoms with E-state index < -0.39 is 0 Å². The van der Waals surface area contributed by atoms with Gasteiger partial charge < -0.3 is 9.64 Å². The smallest absolute Gasteiger partial charge is 0.259 e. The van der Waals surface area contributed by atoms with E-state index >= 15 is 0 Å². The molecule has 2 aromatic rings. The van der Waals surface area contributed by atoms with Gasteiger partial charge in [0, 0.05) is 30.7 Å². The molecule has 0 aliphatic carbocycles. The second-order valence-electron chi connectivity index (χ2n) is 6.20. The number of pyridine rings is 2. The second kappa shape index (κ2) is 7.43. The van der Waals surface area contributed by atoms with Crippen LogP contribution in [0.15, 0.2) is 36.7 Å². The maximum Gasteiger partial charge on any atom is 0.259 e. The third kappa shape index (κ3) is 3.55. The van der Waals surface area contributed by atoms with E-state index in [1.807, 2.05) is 18.0 Å². The third-order valence-electron chi connectivity index (χ3n) is 4.56. The molecule has 1 atom stereocenters. The highest BCUT2D eigenvalue weighted by atomic mass is 16.5. The number of rotatable bonds is 5. The number of hydrogen-bond donors (Lipinski definition) is 0. The van der Waals surface area contributed by atoms with Gasteiger partial charge in [-0.05, 0) is 62.4 Å². The first-order chi connectivity index (χ1) is 11.7. The van der Waals surface area contributed by atoms with Crippen molar-refractivity contribution in [2.75, 3.05) is 13.7 Å². The first kappa shape index (κ1) is 16.4. The van der Waals surface area contributed by atoms with E-state index in [-0.39, 0.29) is 11.9 Å². The fraction of sp³-hybridized carbons (Fsp3) is 0.421. The zero-order valence-corrected chi connectivity index (χ0v) is 14.2. The van der Waals surface area contributed by atoms with Crippen molar-refractivity contribution in [3.05, 3.63) is 53.5 Å². The van der Waals surface area contributed by atoms with Gasteiger partial charge in [-0.3, -0.25) is 9.78 Å². The third-order valence-corrected chi connectivity index (χ3v) is 4.56. The molecule has 126 valence electrons. The molecule has 5 nitrogen and oxygen atoms in total. The lowest BCUT2D eigenvalue weighted by Gasteiger charge is -2.25. The summed E-state index contributed by atoms with van der Waals surface area (Å²) in [5.41, 5.74) is 2.86. The Morgan fingerprint density at radius 3 is 3.00 bits per heavy atom. The molecule has 0 unspecified atom stereocenters. The van der Waals surface area contributed by atoms with Crippen molar-refractivity contribution < 1.29 is 9.53 Å². The standard InChI is InChI=1S/C19H23N3O2/c1-14-13-15(9-11-20-14)7-8-16-5-4-12-22(16)19(23)17-6-3-10-21-18(17)24-2/h3,6,9-11,13,16H,4-5,7-8,12H2,1-2H3/t16-/m0/s1. The molecular weight excluding hydrogens is 302 g/mol. The van der Waals surface area contributed by atoms with Gasteiger partial charge in [0.15, 0.2) is 0 Å². The van der Waals surface area contributed by atoms with Crippen molar-refractivity contribution in [2.45, 2.75) is 38.6 Å². The zero-order chi connectivity index (χ0) is 16.9. The Balaban J connectivity index is 1.70. The topological polar surface area (TPSA) is 55.3 Å². The summed E-state index contributed by atoms with van der Waals surface area (Å²) in [7, 11) is 1.55. The highest BCUT2D eigenvalue weighted by Crippen LogP contribution is 2.26. The van der Waals surface area contributed by atoms with E-state index in [2.05, 4.69) is 22.1 Å². The molecule has 0 N–H and O–H groups in total. The highest BCUT2D eigenvalue weighted by molar-refractivity contribution is 5.96. The van der Waals surface area contributed by atoms with Crippen LogP contribution in [0.2, 0.25) is 0 Å². The Hall–Kier alpha value is -2.43. The van der Waals surface area contributed by atoms with Crippen molar-refractivity contribution >= 4 is 5.91 Å². The van der Waals surface area contributed by atoms with Crippen molar-refractivity contribution in [1.82, 2.24) is 14.9 Å². The monoisotopic (exact) mass is 325 g/mol. The fourth-order valence-electron chi connectivity index (χ4n) is 3.37. The maximum atomic E-state index is 12.9. The molecule has 0 aromatic carbocycles. The molecule has 5 heteroatoms. The average Bonchev–Trinajstić information content (AvgIpc) is 3.08. The van der Waals surface area contributed by atoms with Crippen molar-refractivity contribution in [3.63, 3.8) is 0 Å². The van der Waals surface area contributed by atoms with Crippen LogP contribution in [0.5, 0.6) is 5.88 Å². The second-order valence-corrected chi connectivity index (χ2v) is 6.20. The Bertz CT molecular complexity index is 717. The van der Waals surface area contributed by atoms with E-state index in [1.54, 1.807) is 25.4 Å². The molecular formula is C19H23N3O2. The largest absolute Gasteiger partial charge is 0.480 e. The number of aromatic nitrogens is 2. The van der Waals surface area contributed by atoms with Crippen LogP contribution in [0.1, 0.15) is 40.9 Å². The normalized spacial score (nSPS) is 17.1. The highest BCUT2D eigenvalue weighted by Gasteiger charge is 2.30.